The molecule has 0 aromatic heterocycles. The first-order valence-electron chi connectivity index (χ1n) is 3.47. The van der Waals surface area contributed by atoms with Gasteiger partial charge in [-0.05, 0) is 21.5 Å². The van der Waals surface area contributed by atoms with E-state index in [1.54, 1.807) is 0 Å². The van der Waals surface area contributed by atoms with Crippen molar-refractivity contribution in [1.82, 2.24) is 0 Å². The van der Waals surface area contributed by atoms with Gasteiger partial charge in [-0.1, -0.05) is 30.3 Å². The molecule has 3 N–H and O–H groups in total. The summed E-state index contributed by atoms with van der Waals surface area (Å²) in [5.74, 6) is 0. The molecule has 0 saturated carbocycles. The number of nitrogens with two attached hydrogens (primary N) is 1. The van der Waals surface area contributed by atoms with Crippen molar-refractivity contribution >= 4 is 27.8 Å². The smallest absolute Gasteiger partial charge is 0.0586 e. The fourth-order valence-electron chi connectivity index (χ4n) is 0.833. The molecule has 12 heavy (non-hydrogen) atoms. The van der Waals surface area contributed by atoms with E-state index in [4.69, 9.17) is 11.1 Å². The molecule has 0 heterocycles. The molecule has 1 aromatic rings. The third kappa shape index (κ3) is 1.95. The average Bonchev–Trinajstić information content (AvgIpc) is 2.17. The van der Waals surface area contributed by atoms with Gasteiger partial charge in [-0.15, -0.1) is 0 Å². The molecule has 0 aliphatic rings. The number of halogens is 1. The molecule has 1 aromatic carbocycles. The van der Waals surface area contributed by atoms with Gasteiger partial charge in [-0.3, -0.25) is 0 Å². The zero-order valence-electron chi connectivity index (χ0n) is 6.42. The van der Waals surface area contributed by atoms with Gasteiger partial charge < -0.3 is 11.1 Å². The standard InChI is InChI=1S/C9H9BrN2/c10-8(6-11)9(12)7-4-2-1-3-5-7/h1-6,11H,12H2. The largest absolute Gasteiger partial charge is 0.397 e. The lowest BCUT2D eigenvalue weighted by Gasteiger charge is -2.01. The topological polar surface area (TPSA) is 49.9 Å². The second-order valence-electron chi connectivity index (χ2n) is 2.27. The van der Waals surface area contributed by atoms with Crippen molar-refractivity contribution < 1.29 is 0 Å². The van der Waals surface area contributed by atoms with Gasteiger partial charge in [-0.25, -0.2) is 0 Å². The zero-order valence-corrected chi connectivity index (χ0v) is 8.01. The van der Waals surface area contributed by atoms with Gasteiger partial charge in [0.2, 0.25) is 0 Å². The number of hydrogen-bond acceptors (Lipinski definition) is 2. The van der Waals surface area contributed by atoms with E-state index in [1.807, 2.05) is 30.3 Å². The van der Waals surface area contributed by atoms with E-state index in [-0.39, 0.29) is 0 Å². The van der Waals surface area contributed by atoms with Gasteiger partial charge in [0.1, 0.15) is 0 Å². The third-order valence-corrected chi connectivity index (χ3v) is 2.12. The van der Waals surface area contributed by atoms with Gasteiger partial charge in [0.05, 0.1) is 10.2 Å². The maximum absolute atomic E-state index is 6.98. The summed E-state index contributed by atoms with van der Waals surface area (Å²) in [6, 6.07) is 9.55. The van der Waals surface area contributed by atoms with Crippen LogP contribution in [0.5, 0.6) is 0 Å². The van der Waals surface area contributed by atoms with Crippen LogP contribution in [0.3, 0.4) is 0 Å². The van der Waals surface area contributed by atoms with Crippen LogP contribution in [0.4, 0.5) is 0 Å². The highest BCUT2D eigenvalue weighted by Crippen LogP contribution is 2.15. The Bertz CT molecular complexity index is 304. The van der Waals surface area contributed by atoms with Crippen LogP contribution in [0, 0.1) is 5.41 Å². The van der Waals surface area contributed by atoms with E-state index in [2.05, 4.69) is 15.9 Å². The van der Waals surface area contributed by atoms with Gasteiger partial charge >= 0.3 is 0 Å². The Balaban J connectivity index is 3.08. The summed E-state index contributed by atoms with van der Waals surface area (Å²) in [5.41, 5.74) is 7.24. The molecule has 0 atom stereocenters. The fourth-order valence-corrected chi connectivity index (χ4v) is 1.06. The summed E-state index contributed by atoms with van der Waals surface area (Å²) in [6.07, 6.45) is 1.18. The minimum atomic E-state index is 0.589. The summed E-state index contributed by atoms with van der Waals surface area (Å²) >= 11 is 3.19. The molecular weight excluding hydrogens is 216 g/mol. The predicted octanol–water partition coefficient (Wildman–Crippen LogP) is 2.36. The second-order valence-corrected chi connectivity index (χ2v) is 3.13. The van der Waals surface area contributed by atoms with Gasteiger partial charge in [0.15, 0.2) is 0 Å². The van der Waals surface area contributed by atoms with Crippen LogP contribution in [0.1, 0.15) is 5.56 Å². The molecular formula is C9H9BrN2. The molecule has 0 bridgehead atoms. The van der Waals surface area contributed by atoms with Crippen molar-refractivity contribution in [2.45, 2.75) is 0 Å². The maximum atomic E-state index is 6.98. The SMILES string of the molecule is N=CC(Br)=C(N)c1ccccc1. The van der Waals surface area contributed by atoms with Gasteiger partial charge in [0, 0.05) is 6.21 Å². The van der Waals surface area contributed by atoms with Gasteiger partial charge in [0.25, 0.3) is 0 Å². The van der Waals surface area contributed by atoms with Crippen molar-refractivity contribution in [3.05, 3.63) is 40.4 Å². The monoisotopic (exact) mass is 224 g/mol. The maximum Gasteiger partial charge on any atom is 0.0586 e. The van der Waals surface area contributed by atoms with E-state index < -0.39 is 0 Å². The lowest BCUT2D eigenvalue weighted by Crippen LogP contribution is -1.98. The summed E-state index contributed by atoms with van der Waals surface area (Å²) in [6.45, 7) is 0. The minimum Gasteiger partial charge on any atom is -0.397 e. The molecule has 1 rings (SSSR count). The molecule has 0 unspecified atom stereocenters. The van der Waals surface area contributed by atoms with Gasteiger partial charge in [-0.2, -0.15) is 0 Å². The van der Waals surface area contributed by atoms with E-state index in [9.17, 15) is 0 Å². The van der Waals surface area contributed by atoms with Crippen molar-refractivity contribution in [2.24, 2.45) is 5.73 Å². The zero-order chi connectivity index (χ0) is 8.97. The van der Waals surface area contributed by atoms with Crippen LogP contribution in [0.25, 0.3) is 5.70 Å². The fraction of sp³-hybridized carbons (Fsp3) is 0. The summed E-state index contributed by atoms with van der Waals surface area (Å²) in [7, 11) is 0. The Kier molecular flexibility index (Phi) is 3.05. The molecule has 2 nitrogen and oxygen atoms in total. The summed E-state index contributed by atoms with van der Waals surface area (Å²) in [5, 5.41) is 6.98. The second kappa shape index (κ2) is 4.07. The molecule has 0 spiro atoms. The Morgan fingerprint density at radius 2 is 1.92 bits per heavy atom. The summed E-state index contributed by atoms with van der Waals surface area (Å²) < 4.78 is 0.605. The van der Waals surface area contributed by atoms with E-state index in [0.717, 1.165) is 5.56 Å². The van der Waals surface area contributed by atoms with Crippen molar-refractivity contribution in [1.29, 1.82) is 5.41 Å². The lowest BCUT2D eigenvalue weighted by atomic mass is 10.1. The molecule has 0 aliphatic carbocycles. The normalized spacial score (nSPS) is 12.1. The summed E-state index contributed by atoms with van der Waals surface area (Å²) in [4.78, 5) is 0. The third-order valence-electron chi connectivity index (χ3n) is 1.47. The molecule has 0 saturated heterocycles. The molecule has 0 amide bonds. The first-order valence-corrected chi connectivity index (χ1v) is 4.26. The van der Waals surface area contributed by atoms with Crippen LogP contribution in [0.15, 0.2) is 34.8 Å². The molecule has 0 radical (unpaired) electrons. The van der Waals surface area contributed by atoms with Crippen LogP contribution >= 0.6 is 15.9 Å². The van der Waals surface area contributed by atoms with Crippen LogP contribution in [-0.4, -0.2) is 6.21 Å². The van der Waals surface area contributed by atoms with E-state index >= 15 is 0 Å². The Morgan fingerprint density at radius 1 is 1.33 bits per heavy atom. The molecule has 0 aliphatic heterocycles. The number of nitrogens with one attached hydrogen (secondary N) is 1. The number of benzene rings is 1. The van der Waals surface area contributed by atoms with E-state index in [0.29, 0.717) is 10.2 Å². The van der Waals surface area contributed by atoms with Crippen molar-refractivity contribution in [2.75, 3.05) is 0 Å². The van der Waals surface area contributed by atoms with E-state index in [1.165, 1.54) is 6.21 Å². The minimum absolute atomic E-state index is 0.589. The van der Waals surface area contributed by atoms with Crippen molar-refractivity contribution in [3.8, 4) is 0 Å². The number of allylic oxidation sites excluding steroid dienone is 1. The number of hydrogen-bond donors (Lipinski definition) is 2. The lowest BCUT2D eigenvalue weighted by molar-refractivity contribution is 1.51. The van der Waals surface area contributed by atoms with Crippen LogP contribution in [0.2, 0.25) is 0 Å². The highest BCUT2D eigenvalue weighted by Gasteiger charge is 1.98. The first-order chi connectivity index (χ1) is 5.75. The first kappa shape index (κ1) is 9.00. The highest BCUT2D eigenvalue weighted by atomic mass is 79.9. The molecule has 62 valence electrons. The Morgan fingerprint density at radius 3 is 2.42 bits per heavy atom. The van der Waals surface area contributed by atoms with Crippen molar-refractivity contribution in [3.63, 3.8) is 0 Å². The predicted molar refractivity (Wildman–Crippen MR) is 55.3 cm³/mol. The van der Waals surface area contributed by atoms with Crippen LogP contribution < -0.4 is 5.73 Å². The Hall–Kier alpha value is -1.09. The number of rotatable bonds is 2. The average molecular weight is 225 g/mol. The highest BCUT2D eigenvalue weighted by molar-refractivity contribution is 9.12. The quantitative estimate of drug-likeness (QED) is 0.745. The Labute approximate surface area is 79.7 Å². The molecule has 0 fully saturated rings. The van der Waals surface area contributed by atoms with Crippen LogP contribution in [-0.2, 0) is 0 Å². The molecule has 3 heteroatoms.